The highest BCUT2D eigenvalue weighted by atomic mass is 35.5. The first-order chi connectivity index (χ1) is 17.6. The fourth-order valence-corrected chi connectivity index (χ4v) is 5.90. The van der Waals surface area contributed by atoms with Gasteiger partial charge in [0.1, 0.15) is 0 Å². The third kappa shape index (κ3) is 6.83. The molecule has 2 N–H and O–H groups in total. The molecule has 0 atom stereocenters. The van der Waals surface area contributed by atoms with Crippen LogP contribution in [-0.4, -0.2) is 41.5 Å². The second kappa shape index (κ2) is 12.4. The second-order valence-corrected chi connectivity index (χ2v) is 10.5. The lowest BCUT2D eigenvalue weighted by molar-refractivity contribution is -0.117. The minimum absolute atomic E-state index is 0. The molecule has 3 aromatic rings. The van der Waals surface area contributed by atoms with E-state index in [0.29, 0.717) is 0 Å². The fraction of sp³-hybridized carbons (Fsp3) is 0.419. The maximum atomic E-state index is 12.6. The van der Waals surface area contributed by atoms with E-state index in [-0.39, 0.29) is 24.4 Å². The Balaban J connectivity index is 0.00000320. The average Bonchev–Trinajstić information content (AvgIpc) is 3.16. The number of rotatable bonds is 6. The number of H-pyrrole nitrogens is 1. The largest absolute Gasteiger partial charge is 0.359 e. The van der Waals surface area contributed by atoms with E-state index in [1.54, 1.807) is 6.08 Å². The third-order valence-electron chi connectivity index (χ3n) is 8.02. The van der Waals surface area contributed by atoms with Crippen molar-refractivity contribution < 1.29 is 4.79 Å². The van der Waals surface area contributed by atoms with Gasteiger partial charge in [0.05, 0.1) is 11.6 Å². The number of halogens is 1. The van der Waals surface area contributed by atoms with Crippen LogP contribution >= 0.6 is 12.4 Å². The summed E-state index contributed by atoms with van der Waals surface area (Å²) in [6.45, 7) is 5.38. The molecule has 2 heterocycles. The van der Waals surface area contributed by atoms with Gasteiger partial charge in [0, 0.05) is 41.8 Å². The first-order valence-electron chi connectivity index (χ1n) is 13.4. The number of fused-ring (bicyclic) bond motifs is 2. The summed E-state index contributed by atoms with van der Waals surface area (Å²) in [4.78, 5) is 18.5. The molecule has 1 aliphatic heterocycles. The molecule has 194 valence electrons. The molecule has 1 aliphatic carbocycles. The molecule has 1 fully saturated rings. The quantitative estimate of drug-likeness (QED) is 0.398. The monoisotopic (exact) mass is 516 g/mol. The molecule has 0 spiro atoms. The highest BCUT2D eigenvalue weighted by molar-refractivity contribution is 5.96. The maximum Gasteiger partial charge on any atom is 0.244 e. The molecule has 37 heavy (non-hydrogen) atoms. The highest BCUT2D eigenvalue weighted by Crippen LogP contribution is 2.28. The number of nitriles is 1. The molecule has 0 radical (unpaired) electrons. The molecule has 2 aliphatic rings. The molecule has 0 bridgehead atoms. The standard InChI is InChI=1S/C31H36N4O.ClH/c1-22-19-29-26(3-2-4-30(29)33-22)9-12-31(36)34-28-10-6-23(7-11-28)13-16-35-17-14-25-8-5-24(21-32)20-27(25)15-18-35;/h2-5,8-9,12,19-20,23,28,33H,6-7,10-11,13-18H2,1H3,(H,34,36);1H/b12-9+;. The molecule has 6 heteroatoms. The van der Waals surface area contributed by atoms with Crippen LogP contribution in [0.4, 0.5) is 0 Å². The Labute approximate surface area is 226 Å². The van der Waals surface area contributed by atoms with Gasteiger partial charge in [0.2, 0.25) is 5.91 Å². The Morgan fingerprint density at radius 1 is 1.11 bits per heavy atom. The number of aromatic amines is 1. The number of aryl methyl sites for hydroxylation is 1. The van der Waals surface area contributed by atoms with Gasteiger partial charge in [-0.1, -0.05) is 18.2 Å². The first kappa shape index (κ1) is 27.0. The molecule has 2 aromatic carbocycles. The predicted molar refractivity (Wildman–Crippen MR) is 153 cm³/mol. The van der Waals surface area contributed by atoms with Gasteiger partial charge in [-0.2, -0.15) is 5.26 Å². The number of amides is 1. The van der Waals surface area contributed by atoms with Crippen molar-refractivity contribution in [3.63, 3.8) is 0 Å². The minimum Gasteiger partial charge on any atom is -0.359 e. The van der Waals surface area contributed by atoms with Crippen molar-refractivity contribution in [2.45, 2.75) is 57.9 Å². The zero-order valence-electron chi connectivity index (χ0n) is 21.6. The second-order valence-electron chi connectivity index (χ2n) is 10.5. The molecule has 5 nitrogen and oxygen atoms in total. The van der Waals surface area contributed by atoms with Gasteiger partial charge in [0.15, 0.2) is 0 Å². The van der Waals surface area contributed by atoms with Gasteiger partial charge >= 0.3 is 0 Å². The van der Waals surface area contributed by atoms with Crippen molar-refractivity contribution in [2.75, 3.05) is 19.6 Å². The van der Waals surface area contributed by atoms with Crippen LogP contribution in [0.25, 0.3) is 17.0 Å². The number of nitrogens with one attached hydrogen (secondary N) is 2. The van der Waals surface area contributed by atoms with Crippen molar-refractivity contribution >= 4 is 35.3 Å². The lowest BCUT2D eigenvalue weighted by Gasteiger charge is -2.30. The van der Waals surface area contributed by atoms with Crippen molar-refractivity contribution in [1.29, 1.82) is 5.26 Å². The van der Waals surface area contributed by atoms with Gasteiger partial charge in [-0.25, -0.2) is 0 Å². The summed E-state index contributed by atoms with van der Waals surface area (Å²) in [7, 11) is 0. The number of benzene rings is 2. The molecular weight excluding hydrogens is 480 g/mol. The van der Waals surface area contributed by atoms with Crippen LogP contribution in [0.3, 0.4) is 0 Å². The fourth-order valence-electron chi connectivity index (χ4n) is 5.90. The van der Waals surface area contributed by atoms with E-state index in [2.05, 4.69) is 58.5 Å². The number of carbonyl (C=O) groups is 1. The zero-order valence-corrected chi connectivity index (χ0v) is 22.4. The van der Waals surface area contributed by atoms with E-state index in [4.69, 9.17) is 0 Å². The normalized spacial score (nSPS) is 20.1. The molecule has 1 amide bonds. The maximum absolute atomic E-state index is 12.6. The van der Waals surface area contributed by atoms with E-state index in [1.165, 1.54) is 30.4 Å². The Morgan fingerprint density at radius 3 is 2.68 bits per heavy atom. The molecule has 1 aromatic heterocycles. The van der Waals surface area contributed by atoms with Crippen LogP contribution in [0.5, 0.6) is 0 Å². The predicted octanol–water partition coefficient (Wildman–Crippen LogP) is 5.95. The summed E-state index contributed by atoms with van der Waals surface area (Å²) in [5.74, 6) is 0.755. The summed E-state index contributed by atoms with van der Waals surface area (Å²) in [5.41, 5.74) is 6.82. The van der Waals surface area contributed by atoms with Crippen LogP contribution in [0, 0.1) is 24.2 Å². The van der Waals surface area contributed by atoms with E-state index in [9.17, 15) is 10.1 Å². The summed E-state index contributed by atoms with van der Waals surface area (Å²) in [6, 6.07) is 17.0. The Hall–Kier alpha value is -3.07. The van der Waals surface area contributed by atoms with Crippen molar-refractivity contribution in [2.24, 2.45) is 5.92 Å². The van der Waals surface area contributed by atoms with E-state index < -0.39 is 0 Å². The smallest absolute Gasteiger partial charge is 0.244 e. The third-order valence-corrected chi connectivity index (χ3v) is 8.02. The zero-order chi connectivity index (χ0) is 24.9. The van der Waals surface area contributed by atoms with E-state index in [1.807, 2.05) is 18.2 Å². The molecule has 1 saturated carbocycles. The summed E-state index contributed by atoms with van der Waals surface area (Å²) in [6.07, 6.45) is 11.5. The van der Waals surface area contributed by atoms with Crippen LogP contribution in [0.15, 0.2) is 48.5 Å². The Bertz CT molecular complexity index is 1300. The van der Waals surface area contributed by atoms with Crippen molar-refractivity contribution in [3.8, 4) is 6.07 Å². The minimum atomic E-state index is 0. The number of aromatic nitrogens is 1. The molecule has 0 unspecified atom stereocenters. The Morgan fingerprint density at radius 2 is 1.89 bits per heavy atom. The topological polar surface area (TPSA) is 71.9 Å². The van der Waals surface area contributed by atoms with E-state index >= 15 is 0 Å². The summed E-state index contributed by atoms with van der Waals surface area (Å²) >= 11 is 0. The van der Waals surface area contributed by atoms with Crippen molar-refractivity contribution in [1.82, 2.24) is 15.2 Å². The molecular formula is C31H37ClN4O. The molecule has 5 rings (SSSR count). The SMILES string of the molecule is Cc1cc2c(/C=C/C(=O)NC3CCC(CCN4CCc5ccc(C#N)cc5CC4)CC3)cccc2[nH]1.Cl. The number of carbonyl (C=O) groups excluding carboxylic acids is 1. The van der Waals surface area contributed by atoms with Crippen LogP contribution < -0.4 is 5.32 Å². The van der Waals surface area contributed by atoms with Crippen molar-refractivity contribution in [3.05, 3.63) is 76.5 Å². The van der Waals surface area contributed by atoms with E-state index in [0.717, 1.165) is 79.0 Å². The highest BCUT2D eigenvalue weighted by Gasteiger charge is 2.23. The first-order valence-corrected chi connectivity index (χ1v) is 13.4. The summed E-state index contributed by atoms with van der Waals surface area (Å²) in [5, 5.41) is 13.6. The van der Waals surface area contributed by atoms with Crippen LogP contribution in [-0.2, 0) is 17.6 Å². The lowest BCUT2D eigenvalue weighted by Crippen LogP contribution is -2.37. The van der Waals surface area contributed by atoms with Crippen LogP contribution in [0.2, 0.25) is 0 Å². The van der Waals surface area contributed by atoms with Crippen LogP contribution in [0.1, 0.15) is 60.1 Å². The van der Waals surface area contributed by atoms with Gasteiger partial charge < -0.3 is 15.2 Å². The number of hydrogen-bond acceptors (Lipinski definition) is 3. The molecule has 0 saturated heterocycles. The Kier molecular flexibility index (Phi) is 9.08. The summed E-state index contributed by atoms with van der Waals surface area (Å²) < 4.78 is 0. The van der Waals surface area contributed by atoms with Gasteiger partial charge in [-0.3, -0.25) is 4.79 Å². The average molecular weight is 517 g/mol. The van der Waals surface area contributed by atoms with Gasteiger partial charge in [0.25, 0.3) is 0 Å². The lowest BCUT2D eigenvalue weighted by atomic mass is 9.84. The number of nitrogens with zero attached hydrogens (tertiary/aromatic N) is 2. The van der Waals surface area contributed by atoms with Gasteiger partial charge in [-0.15, -0.1) is 12.4 Å². The number of hydrogen-bond donors (Lipinski definition) is 2. The van der Waals surface area contributed by atoms with Gasteiger partial charge in [-0.05, 0) is 111 Å².